The molecule has 1 rings (SSSR count). The highest BCUT2D eigenvalue weighted by Gasteiger charge is 2.21. The monoisotopic (exact) mass is 212 g/mol. The van der Waals surface area contributed by atoms with Crippen molar-refractivity contribution in [1.29, 1.82) is 0 Å². The molecule has 0 aromatic carbocycles. The van der Waals surface area contributed by atoms with E-state index in [-0.39, 0.29) is 0 Å². The van der Waals surface area contributed by atoms with Gasteiger partial charge in [0.2, 0.25) is 0 Å². The van der Waals surface area contributed by atoms with E-state index in [0.29, 0.717) is 6.10 Å². The van der Waals surface area contributed by atoms with Crippen LogP contribution in [0.2, 0.25) is 0 Å². The number of hydrogen-bond donors (Lipinski definition) is 0. The third-order valence-electron chi connectivity index (χ3n) is 2.51. The molecule has 0 radical (unpaired) electrons. The lowest BCUT2D eigenvalue weighted by molar-refractivity contribution is 0.115. The predicted octanol–water partition coefficient (Wildman–Crippen LogP) is 3.32. The zero-order valence-corrected chi connectivity index (χ0v) is 9.91. The fraction of sp³-hybridized carbons (Fsp3) is 0.846. The molecule has 2 nitrogen and oxygen atoms in total. The minimum Gasteiger partial charge on any atom is -0.379 e. The molecule has 0 amide bonds. The van der Waals surface area contributed by atoms with E-state index in [2.05, 4.69) is 19.1 Å². The van der Waals surface area contributed by atoms with E-state index in [1.54, 1.807) is 0 Å². The molecular formula is C13H24O2. The summed E-state index contributed by atoms with van der Waals surface area (Å²) < 4.78 is 10.5. The summed E-state index contributed by atoms with van der Waals surface area (Å²) in [6.07, 6.45) is 12.5. The van der Waals surface area contributed by atoms with Gasteiger partial charge in [0.25, 0.3) is 0 Å². The first kappa shape index (κ1) is 12.7. The maximum atomic E-state index is 5.44. The molecule has 0 aromatic rings. The van der Waals surface area contributed by atoms with Crippen LogP contribution in [0.4, 0.5) is 0 Å². The average molecular weight is 212 g/mol. The van der Waals surface area contributed by atoms with E-state index in [1.165, 1.54) is 25.7 Å². The van der Waals surface area contributed by atoms with Gasteiger partial charge in [-0.25, -0.2) is 0 Å². The topological polar surface area (TPSA) is 21.8 Å². The molecule has 0 spiro atoms. The number of hydrogen-bond acceptors (Lipinski definition) is 2. The molecule has 1 saturated heterocycles. The Morgan fingerprint density at radius 1 is 1.20 bits per heavy atom. The van der Waals surface area contributed by atoms with Gasteiger partial charge >= 0.3 is 0 Å². The standard InChI is InChI=1S/C13H24O2/c1-2-3-4-5-6-7-8-9-10-14-11-13-12-15-13/h6-7,13H,2-5,8-12H2,1H3/b7-6-/t13-/m1/s1. The molecule has 1 aliphatic heterocycles. The molecule has 1 heterocycles. The summed E-state index contributed by atoms with van der Waals surface area (Å²) in [6, 6.07) is 0. The van der Waals surface area contributed by atoms with Crippen LogP contribution in [-0.2, 0) is 9.47 Å². The average Bonchev–Trinajstić information content (AvgIpc) is 3.05. The summed E-state index contributed by atoms with van der Waals surface area (Å²) in [5.74, 6) is 0. The van der Waals surface area contributed by atoms with Crippen molar-refractivity contribution in [1.82, 2.24) is 0 Å². The number of ether oxygens (including phenoxy) is 2. The van der Waals surface area contributed by atoms with Crippen molar-refractivity contribution in [2.75, 3.05) is 19.8 Å². The predicted molar refractivity (Wildman–Crippen MR) is 63.1 cm³/mol. The SMILES string of the molecule is CCCCC/C=C\CCCOC[C@@H]1CO1. The van der Waals surface area contributed by atoms with Gasteiger partial charge in [0.15, 0.2) is 0 Å². The minimum atomic E-state index is 0.412. The van der Waals surface area contributed by atoms with Gasteiger partial charge in [-0.15, -0.1) is 0 Å². The van der Waals surface area contributed by atoms with Crippen molar-refractivity contribution in [2.45, 2.75) is 51.6 Å². The molecular weight excluding hydrogens is 188 g/mol. The fourth-order valence-corrected chi connectivity index (χ4v) is 1.43. The van der Waals surface area contributed by atoms with Crippen molar-refractivity contribution in [3.63, 3.8) is 0 Å². The Kier molecular flexibility index (Phi) is 7.58. The number of rotatable bonds is 10. The third-order valence-corrected chi connectivity index (χ3v) is 2.51. The largest absolute Gasteiger partial charge is 0.379 e. The van der Waals surface area contributed by atoms with Crippen LogP contribution in [-0.4, -0.2) is 25.9 Å². The Hall–Kier alpha value is -0.340. The van der Waals surface area contributed by atoms with Gasteiger partial charge in [-0.3, -0.25) is 0 Å². The fourth-order valence-electron chi connectivity index (χ4n) is 1.43. The van der Waals surface area contributed by atoms with Gasteiger partial charge in [0.1, 0.15) is 6.10 Å². The van der Waals surface area contributed by atoms with Crippen molar-refractivity contribution < 1.29 is 9.47 Å². The highest BCUT2D eigenvalue weighted by atomic mass is 16.6. The highest BCUT2D eigenvalue weighted by Crippen LogP contribution is 2.08. The van der Waals surface area contributed by atoms with Gasteiger partial charge in [0, 0.05) is 6.61 Å². The Morgan fingerprint density at radius 2 is 1.93 bits per heavy atom. The van der Waals surface area contributed by atoms with E-state index >= 15 is 0 Å². The molecule has 0 unspecified atom stereocenters. The van der Waals surface area contributed by atoms with E-state index in [1.807, 2.05) is 0 Å². The Labute approximate surface area is 93.7 Å². The first-order chi connectivity index (χ1) is 7.43. The second kappa shape index (κ2) is 8.93. The summed E-state index contributed by atoms with van der Waals surface area (Å²) in [6.45, 7) is 4.81. The summed E-state index contributed by atoms with van der Waals surface area (Å²) in [5, 5.41) is 0. The van der Waals surface area contributed by atoms with E-state index < -0.39 is 0 Å². The molecule has 0 aromatic heterocycles. The van der Waals surface area contributed by atoms with Crippen LogP contribution in [0.5, 0.6) is 0 Å². The molecule has 15 heavy (non-hydrogen) atoms. The molecule has 0 saturated carbocycles. The zero-order chi connectivity index (χ0) is 10.8. The zero-order valence-electron chi connectivity index (χ0n) is 9.91. The Bertz CT molecular complexity index is 162. The summed E-state index contributed by atoms with van der Waals surface area (Å²) in [7, 11) is 0. The lowest BCUT2D eigenvalue weighted by Gasteiger charge is -1.99. The van der Waals surface area contributed by atoms with E-state index in [4.69, 9.17) is 9.47 Å². The lowest BCUT2D eigenvalue weighted by atomic mass is 10.2. The number of epoxide rings is 1. The third kappa shape index (κ3) is 8.64. The summed E-state index contributed by atoms with van der Waals surface area (Å²) in [4.78, 5) is 0. The van der Waals surface area contributed by atoms with Crippen molar-refractivity contribution in [3.8, 4) is 0 Å². The smallest absolute Gasteiger partial charge is 0.104 e. The van der Waals surface area contributed by atoms with Crippen molar-refractivity contribution >= 4 is 0 Å². The molecule has 1 aliphatic rings. The van der Waals surface area contributed by atoms with Crippen LogP contribution in [0.3, 0.4) is 0 Å². The van der Waals surface area contributed by atoms with Gasteiger partial charge in [-0.1, -0.05) is 31.9 Å². The molecule has 0 N–H and O–H groups in total. The Morgan fingerprint density at radius 3 is 2.60 bits per heavy atom. The van der Waals surface area contributed by atoms with Crippen LogP contribution >= 0.6 is 0 Å². The molecule has 2 heteroatoms. The normalized spacial score (nSPS) is 19.9. The van der Waals surface area contributed by atoms with Gasteiger partial charge < -0.3 is 9.47 Å². The van der Waals surface area contributed by atoms with Crippen molar-refractivity contribution in [3.05, 3.63) is 12.2 Å². The van der Waals surface area contributed by atoms with Crippen LogP contribution in [0.25, 0.3) is 0 Å². The summed E-state index contributed by atoms with van der Waals surface area (Å²) in [5.41, 5.74) is 0. The second-order valence-corrected chi connectivity index (χ2v) is 4.14. The van der Waals surface area contributed by atoms with Crippen molar-refractivity contribution in [2.24, 2.45) is 0 Å². The van der Waals surface area contributed by atoms with Gasteiger partial charge in [0.05, 0.1) is 13.2 Å². The van der Waals surface area contributed by atoms with E-state index in [0.717, 1.165) is 32.7 Å². The molecule has 0 bridgehead atoms. The Balaban J connectivity index is 1.71. The molecule has 88 valence electrons. The summed E-state index contributed by atoms with van der Waals surface area (Å²) >= 11 is 0. The second-order valence-electron chi connectivity index (χ2n) is 4.14. The maximum Gasteiger partial charge on any atom is 0.104 e. The highest BCUT2D eigenvalue weighted by molar-refractivity contribution is 4.81. The van der Waals surface area contributed by atoms with Crippen LogP contribution in [0, 0.1) is 0 Å². The first-order valence-corrected chi connectivity index (χ1v) is 6.28. The van der Waals surface area contributed by atoms with Crippen LogP contribution in [0.1, 0.15) is 45.4 Å². The number of unbranched alkanes of at least 4 members (excludes halogenated alkanes) is 4. The van der Waals surface area contributed by atoms with E-state index in [9.17, 15) is 0 Å². The van der Waals surface area contributed by atoms with Crippen LogP contribution < -0.4 is 0 Å². The lowest BCUT2D eigenvalue weighted by Crippen LogP contribution is -2.02. The van der Waals surface area contributed by atoms with Gasteiger partial charge in [-0.2, -0.15) is 0 Å². The van der Waals surface area contributed by atoms with Crippen LogP contribution in [0.15, 0.2) is 12.2 Å². The molecule has 1 atom stereocenters. The molecule has 0 aliphatic carbocycles. The number of allylic oxidation sites excluding steroid dienone is 2. The quantitative estimate of drug-likeness (QED) is 0.315. The minimum absolute atomic E-state index is 0.412. The molecule has 1 fully saturated rings. The van der Waals surface area contributed by atoms with Gasteiger partial charge in [-0.05, 0) is 25.7 Å². The first-order valence-electron chi connectivity index (χ1n) is 6.28. The maximum absolute atomic E-state index is 5.44.